The smallest absolute Gasteiger partial charge is 0.308 e. The van der Waals surface area contributed by atoms with Crippen molar-refractivity contribution in [3.63, 3.8) is 0 Å². The normalized spacial score (nSPS) is 11.6. The van der Waals surface area contributed by atoms with Crippen molar-refractivity contribution in [3.05, 3.63) is 33.9 Å². The van der Waals surface area contributed by atoms with E-state index in [9.17, 15) is 24.5 Å². The number of primary amides is 1. The van der Waals surface area contributed by atoms with E-state index in [-0.39, 0.29) is 28.4 Å². The fourth-order valence-electron chi connectivity index (χ4n) is 2.03. The summed E-state index contributed by atoms with van der Waals surface area (Å²) < 4.78 is 0. The number of rotatable bonds is 10. The van der Waals surface area contributed by atoms with Crippen LogP contribution in [0.5, 0.6) is 0 Å². The maximum absolute atomic E-state index is 11.8. The third-order valence-corrected chi connectivity index (χ3v) is 4.39. The van der Waals surface area contributed by atoms with E-state index in [1.165, 1.54) is 12.1 Å². The topological polar surface area (TPSA) is 153 Å². The molecule has 25 heavy (non-hydrogen) atoms. The number of nitro groups is 1. The van der Waals surface area contributed by atoms with Gasteiger partial charge in [0.15, 0.2) is 0 Å². The van der Waals surface area contributed by atoms with Gasteiger partial charge in [-0.3, -0.25) is 24.5 Å². The van der Waals surface area contributed by atoms with Crippen LogP contribution in [0.3, 0.4) is 0 Å². The van der Waals surface area contributed by atoms with E-state index in [0.29, 0.717) is 12.8 Å². The number of carbonyl (C=O) groups is 3. The molecule has 0 saturated carbocycles. The quantitative estimate of drug-likeness (QED) is 0.320. The van der Waals surface area contributed by atoms with Crippen molar-refractivity contribution in [2.75, 3.05) is 12.3 Å². The molecule has 0 aliphatic carbocycles. The molecule has 1 aromatic carbocycles. The monoisotopic (exact) mass is 369 g/mol. The Hall–Kier alpha value is -2.62. The molecular formula is C15H19N3O6S. The lowest BCUT2D eigenvalue weighted by atomic mass is 10.0. The van der Waals surface area contributed by atoms with E-state index in [0.717, 1.165) is 17.8 Å². The van der Waals surface area contributed by atoms with Gasteiger partial charge in [-0.15, -0.1) is 11.8 Å². The minimum absolute atomic E-state index is 0.00404. The first-order valence-electron chi connectivity index (χ1n) is 7.46. The molecule has 1 unspecified atom stereocenters. The maximum atomic E-state index is 11.8. The van der Waals surface area contributed by atoms with Crippen molar-refractivity contribution < 1.29 is 24.4 Å². The summed E-state index contributed by atoms with van der Waals surface area (Å²) in [6.45, 7) is 1.85. The van der Waals surface area contributed by atoms with Gasteiger partial charge in [0, 0.05) is 18.2 Å². The first-order valence-corrected chi connectivity index (χ1v) is 8.45. The number of carboxylic acid groups (broad SMARTS) is 1. The second kappa shape index (κ2) is 9.62. The summed E-state index contributed by atoms with van der Waals surface area (Å²) >= 11 is 0.924. The summed E-state index contributed by atoms with van der Waals surface area (Å²) in [5.74, 6) is -2.97. The zero-order valence-electron chi connectivity index (χ0n) is 13.6. The fourth-order valence-corrected chi connectivity index (χ4v) is 2.86. The number of nitrogens with zero attached hydrogens (tertiary/aromatic N) is 1. The third kappa shape index (κ3) is 6.42. The molecule has 1 atom stereocenters. The van der Waals surface area contributed by atoms with Crippen molar-refractivity contribution in [3.8, 4) is 0 Å². The molecule has 9 nitrogen and oxygen atoms in total. The Balaban J connectivity index is 2.68. The number of aliphatic carboxylic acids is 1. The SMILES string of the molecule is CCCC(CNC(=O)CSc1ccc(C(N)=O)cc1[N+](=O)[O-])C(=O)O. The van der Waals surface area contributed by atoms with Crippen LogP contribution < -0.4 is 11.1 Å². The number of carbonyl (C=O) groups excluding carboxylic acids is 2. The van der Waals surface area contributed by atoms with E-state index in [4.69, 9.17) is 10.8 Å². The highest BCUT2D eigenvalue weighted by atomic mass is 32.2. The van der Waals surface area contributed by atoms with Crippen molar-refractivity contribution in [1.29, 1.82) is 0 Å². The highest BCUT2D eigenvalue weighted by Gasteiger charge is 2.20. The Morgan fingerprint density at radius 2 is 2.08 bits per heavy atom. The van der Waals surface area contributed by atoms with Crippen LogP contribution in [0.15, 0.2) is 23.1 Å². The first kappa shape index (κ1) is 20.4. The molecule has 1 rings (SSSR count). The van der Waals surface area contributed by atoms with Crippen LogP contribution in [0.4, 0.5) is 5.69 Å². The maximum Gasteiger partial charge on any atom is 0.308 e. The molecule has 1 aromatic rings. The number of hydrogen-bond acceptors (Lipinski definition) is 6. The lowest BCUT2D eigenvalue weighted by Gasteiger charge is -2.12. The van der Waals surface area contributed by atoms with Crippen LogP contribution in [0.25, 0.3) is 0 Å². The molecule has 136 valence electrons. The Labute approximate surface area is 148 Å². The Morgan fingerprint density at radius 1 is 1.40 bits per heavy atom. The summed E-state index contributed by atoms with van der Waals surface area (Å²) in [5, 5.41) is 22.6. The summed E-state index contributed by atoms with van der Waals surface area (Å²) in [4.78, 5) is 44.6. The molecule has 0 fully saturated rings. The van der Waals surface area contributed by atoms with Crippen molar-refractivity contribution in [2.24, 2.45) is 11.7 Å². The van der Waals surface area contributed by atoms with Gasteiger partial charge < -0.3 is 16.2 Å². The van der Waals surface area contributed by atoms with Gasteiger partial charge in [0.25, 0.3) is 5.69 Å². The first-order chi connectivity index (χ1) is 11.8. The number of nitrogens with one attached hydrogen (secondary N) is 1. The van der Waals surface area contributed by atoms with Crippen LogP contribution >= 0.6 is 11.8 Å². The van der Waals surface area contributed by atoms with Gasteiger partial charge in [0.1, 0.15) is 0 Å². The van der Waals surface area contributed by atoms with E-state index >= 15 is 0 Å². The predicted octanol–water partition coefficient (Wildman–Crippen LogP) is 1.40. The Kier molecular flexibility index (Phi) is 7.86. The largest absolute Gasteiger partial charge is 0.481 e. The average molecular weight is 369 g/mol. The third-order valence-electron chi connectivity index (χ3n) is 3.33. The minimum Gasteiger partial charge on any atom is -0.481 e. The predicted molar refractivity (Wildman–Crippen MR) is 91.4 cm³/mol. The Morgan fingerprint density at radius 3 is 2.60 bits per heavy atom. The van der Waals surface area contributed by atoms with Gasteiger partial charge in [-0.1, -0.05) is 13.3 Å². The molecule has 4 N–H and O–H groups in total. The highest BCUT2D eigenvalue weighted by Crippen LogP contribution is 2.29. The van der Waals surface area contributed by atoms with Crippen LogP contribution in [0, 0.1) is 16.0 Å². The van der Waals surface area contributed by atoms with E-state index < -0.39 is 28.6 Å². The molecule has 0 bridgehead atoms. The zero-order chi connectivity index (χ0) is 19.0. The second-order valence-electron chi connectivity index (χ2n) is 5.22. The van der Waals surface area contributed by atoms with Gasteiger partial charge in [-0.2, -0.15) is 0 Å². The summed E-state index contributed by atoms with van der Waals surface area (Å²) in [6.07, 6.45) is 1.13. The summed E-state index contributed by atoms with van der Waals surface area (Å²) in [5.41, 5.74) is 4.78. The molecule has 0 heterocycles. The summed E-state index contributed by atoms with van der Waals surface area (Å²) in [6, 6.07) is 3.76. The molecule has 0 aliphatic rings. The molecule has 10 heteroatoms. The molecule has 0 aromatic heterocycles. The number of hydrogen-bond donors (Lipinski definition) is 3. The number of amides is 2. The summed E-state index contributed by atoms with van der Waals surface area (Å²) in [7, 11) is 0. The lowest BCUT2D eigenvalue weighted by molar-refractivity contribution is -0.387. The van der Waals surface area contributed by atoms with Gasteiger partial charge in [-0.25, -0.2) is 0 Å². The number of nitro benzene ring substituents is 1. The van der Waals surface area contributed by atoms with Gasteiger partial charge >= 0.3 is 5.97 Å². The Bertz CT molecular complexity index is 679. The number of benzene rings is 1. The number of thioether (sulfide) groups is 1. The number of carboxylic acids is 1. The molecule has 0 saturated heterocycles. The zero-order valence-corrected chi connectivity index (χ0v) is 14.4. The van der Waals surface area contributed by atoms with Crippen molar-refractivity contribution >= 4 is 35.2 Å². The molecule has 0 aliphatic heterocycles. The standard InChI is InChI=1S/C15H19N3O6S/c1-2-3-10(15(21)22)7-17-13(19)8-25-12-5-4-9(14(16)20)6-11(12)18(23)24/h4-6,10H,2-3,7-8H2,1H3,(H2,16,20)(H,17,19)(H,21,22). The van der Waals surface area contributed by atoms with Crippen LogP contribution in [0.2, 0.25) is 0 Å². The van der Waals surface area contributed by atoms with Gasteiger partial charge in [0.05, 0.1) is 21.5 Å². The van der Waals surface area contributed by atoms with Crippen molar-refractivity contribution in [1.82, 2.24) is 5.32 Å². The highest BCUT2D eigenvalue weighted by molar-refractivity contribution is 8.00. The second-order valence-corrected chi connectivity index (χ2v) is 6.24. The van der Waals surface area contributed by atoms with Crippen LogP contribution in [-0.2, 0) is 9.59 Å². The van der Waals surface area contributed by atoms with Crippen LogP contribution in [-0.4, -0.2) is 40.1 Å². The van der Waals surface area contributed by atoms with Gasteiger partial charge in [-0.05, 0) is 18.6 Å². The molecule has 2 amide bonds. The molecule has 0 spiro atoms. The van der Waals surface area contributed by atoms with Crippen LogP contribution in [0.1, 0.15) is 30.1 Å². The van der Waals surface area contributed by atoms with Crippen molar-refractivity contribution in [2.45, 2.75) is 24.7 Å². The van der Waals surface area contributed by atoms with E-state index in [1.807, 2.05) is 6.92 Å². The van der Waals surface area contributed by atoms with E-state index in [2.05, 4.69) is 5.32 Å². The lowest BCUT2D eigenvalue weighted by Crippen LogP contribution is -2.33. The molecular weight excluding hydrogens is 350 g/mol. The van der Waals surface area contributed by atoms with E-state index in [1.54, 1.807) is 0 Å². The molecule has 0 radical (unpaired) electrons. The minimum atomic E-state index is -0.979. The fraction of sp³-hybridized carbons (Fsp3) is 0.400. The number of nitrogens with two attached hydrogens (primary N) is 1. The average Bonchev–Trinajstić information content (AvgIpc) is 2.55. The van der Waals surface area contributed by atoms with Gasteiger partial charge in [0.2, 0.25) is 11.8 Å².